The number of carbonyl (C=O) groups excluding carboxylic acids is 1. The second-order valence-corrected chi connectivity index (χ2v) is 9.46. The minimum Gasteiger partial charge on any atom is -0.390 e. The number of hydrogen-bond acceptors (Lipinski definition) is 6. The SMILES string of the molecule is Cc1ccc(S(=O)(=O)NN=C[C@@H](C)[C@@H](O)[C@@H](C(=O)C(C)C)N(C)C(C)C)cc1. The average molecular weight is 412 g/mol. The summed E-state index contributed by atoms with van der Waals surface area (Å²) in [6.45, 7) is 11.1. The van der Waals surface area contributed by atoms with Gasteiger partial charge in [0.05, 0.1) is 17.0 Å². The lowest BCUT2D eigenvalue weighted by Gasteiger charge is -2.36. The Bertz CT molecular complexity index is 773. The van der Waals surface area contributed by atoms with E-state index in [2.05, 4.69) is 9.93 Å². The highest BCUT2D eigenvalue weighted by Gasteiger charge is 2.35. The van der Waals surface area contributed by atoms with Gasteiger partial charge in [-0.25, -0.2) is 4.83 Å². The van der Waals surface area contributed by atoms with Gasteiger partial charge in [-0.05, 0) is 40.0 Å². The summed E-state index contributed by atoms with van der Waals surface area (Å²) in [5, 5.41) is 14.6. The topological polar surface area (TPSA) is 99.1 Å². The van der Waals surface area contributed by atoms with Crippen LogP contribution in [0, 0.1) is 18.8 Å². The highest BCUT2D eigenvalue weighted by molar-refractivity contribution is 7.89. The average Bonchev–Trinajstić information content (AvgIpc) is 2.61. The molecule has 0 heterocycles. The van der Waals surface area contributed by atoms with Crippen molar-refractivity contribution in [2.45, 2.75) is 64.6 Å². The van der Waals surface area contributed by atoms with Crippen molar-refractivity contribution in [2.24, 2.45) is 16.9 Å². The van der Waals surface area contributed by atoms with E-state index in [9.17, 15) is 18.3 Å². The van der Waals surface area contributed by atoms with Gasteiger partial charge in [-0.1, -0.05) is 38.5 Å². The van der Waals surface area contributed by atoms with Crippen LogP contribution in [-0.2, 0) is 14.8 Å². The van der Waals surface area contributed by atoms with E-state index in [-0.39, 0.29) is 22.6 Å². The fourth-order valence-electron chi connectivity index (χ4n) is 2.64. The zero-order chi connectivity index (χ0) is 21.6. The summed E-state index contributed by atoms with van der Waals surface area (Å²) in [5.74, 6) is -0.830. The molecule has 0 unspecified atom stereocenters. The van der Waals surface area contributed by atoms with E-state index in [0.29, 0.717) is 0 Å². The molecule has 28 heavy (non-hydrogen) atoms. The van der Waals surface area contributed by atoms with Gasteiger partial charge in [0.25, 0.3) is 10.0 Å². The number of nitrogens with one attached hydrogen (secondary N) is 1. The molecule has 0 aliphatic rings. The number of aryl methyl sites for hydroxylation is 1. The van der Waals surface area contributed by atoms with Crippen LogP contribution >= 0.6 is 0 Å². The predicted molar refractivity (Wildman–Crippen MR) is 112 cm³/mol. The van der Waals surface area contributed by atoms with Gasteiger partial charge in [0, 0.05) is 24.1 Å². The minimum absolute atomic E-state index is 0.0616. The van der Waals surface area contributed by atoms with Crippen LogP contribution in [0.4, 0.5) is 0 Å². The fourth-order valence-corrected chi connectivity index (χ4v) is 3.44. The Morgan fingerprint density at radius 1 is 1.14 bits per heavy atom. The van der Waals surface area contributed by atoms with Crippen molar-refractivity contribution in [2.75, 3.05) is 7.05 Å². The summed E-state index contributed by atoms with van der Waals surface area (Å²) >= 11 is 0. The number of Topliss-reactive ketones (excluding diaryl/α,β-unsaturated/α-hetero) is 1. The number of rotatable bonds is 10. The van der Waals surface area contributed by atoms with Crippen LogP contribution in [0.2, 0.25) is 0 Å². The molecule has 1 rings (SSSR count). The quantitative estimate of drug-likeness (QED) is 0.454. The Morgan fingerprint density at radius 3 is 2.14 bits per heavy atom. The zero-order valence-corrected chi connectivity index (χ0v) is 18.6. The molecule has 0 aliphatic carbocycles. The molecule has 0 saturated heterocycles. The van der Waals surface area contributed by atoms with Crippen LogP contribution in [-0.4, -0.2) is 55.7 Å². The first-order chi connectivity index (χ1) is 12.9. The second kappa shape index (κ2) is 10.1. The Kier molecular flexibility index (Phi) is 8.78. The van der Waals surface area contributed by atoms with E-state index < -0.39 is 28.1 Å². The lowest BCUT2D eigenvalue weighted by atomic mass is 9.89. The smallest absolute Gasteiger partial charge is 0.276 e. The number of nitrogens with zero attached hydrogens (tertiary/aromatic N) is 2. The first-order valence-electron chi connectivity index (χ1n) is 9.43. The third-order valence-electron chi connectivity index (χ3n) is 4.79. The number of carbonyl (C=O) groups is 1. The molecule has 0 aromatic heterocycles. The van der Waals surface area contributed by atoms with E-state index in [1.54, 1.807) is 40.0 Å². The van der Waals surface area contributed by atoms with E-state index in [1.807, 2.05) is 25.7 Å². The Labute approximate surface area is 168 Å². The van der Waals surface area contributed by atoms with E-state index in [0.717, 1.165) is 5.56 Å². The van der Waals surface area contributed by atoms with Crippen molar-refractivity contribution < 1.29 is 18.3 Å². The number of benzene rings is 1. The normalized spacial score (nSPS) is 16.0. The maximum Gasteiger partial charge on any atom is 0.276 e. The molecule has 8 heteroatoms. The van der Waals surface area contributed by atoms with Crippen molar-refractivity contribution in [3.63, 3.8) is 0 Å². The molecule has 1 aromatic rings. The number of aliphatic hydroxyl groups is 1. The number of aliphatic hydroxyl groups excluding tert-OH is 1. The summed E-state index contributed by atoms with van der Waals surface area (Å²) in [5.41, 5.74) is 0.953. The van der Waals surface area contributed by atoms with E-state index >= 15 is 0 Å². The maximum atomic E-state index is 12.6. The monoisotopic (exact) mass is 411 g/mol. The van der Waals surface area contributed by atoms with Crippen molar-refractivity contribution in [1.82, 2.24) is 9.73 Å². The highest BCUT2D eigenvalue weighted by atomic mass is 32.2. The molecule has 158 valence electrons. The Hall–Kier alpha value is -1.77. The maximum absolute atomic E-state index is 12.6. The van der Waals surface area contributed by atoms with Gasteiger partial charge in [0.2, 0.25) is 0 Å². The van der Waals surface area contributed by atoms with Crippen molar-refractivity contribution in [1.29, 1.82) is 0 Å². The second-order valence-electron chi connectivity index (χ2n) is 7.80. The summed E-state index contributed by atoms with van der Waals surface area (Å²) in [6, 6.07) is 5.77. The third-order valence-corrected chi connectivity index (χ3v) is 6.03. The summed E-state index contributed by atoms with van der Waals surface area (Å²) in [4.78, 5) is 16.7. The summed E-state index contributed by atoms with van der Waals surface area (Å²) in [6.07, 6.45) is 0.306. The molecule has 3 atom stereocenters. The predicted octanol–water partition coefficient (Wildman–Crippen LogP) is 2.19. The van der Waals surface area contributed by atoms with Gasteiger partial charge in [-0.2, -0.15) is 13.5 Å². The molecule has 0 aliphatic heterocycles. The molecule has 0 spiro atoms. The fraction of sp³-hybridized carbons (Fsp3) is 0.600. The molecular formula is C20H33N3O4S. The standard InChI is InChI=1S/C20H33N3O4S/c1-13(2)19(24)18(23(7)14(3)4)20(25)16(6)12-21-22-28(26,27)17-10-8-15(5)9-11-17/h8-14,16,18,20,22,25H,1-7H3/t16-,18-,20-/m1/s1. The number of likely N-dealkylation sites (N-methyl/N-ethyl adjacent to an activating group) is 1. The molecule has 0 saturated carbocycles. The molecule has 0 bridgehead atoms. The molecule has 2 N–H and O–H groups in total. The third kappa shape index (κ3) is 6.39. The van der Waals surface area contributed by atoms with Gasteiger partial charge >= 0.3 is 0 Å². The Morgan fingerprint density at radius 2 is 1.68 bits per heavy atom. The van der Waals surface area contributed by atoms with Crippen LogP contribution in [0.15, 0.2) is 34.3 Å². The first kappa shape index (κ1) is 24.3. The van der Waals surface area contributed by atoms with Gasteiger partial charge in [-0.3, -0.25) is 9.69 Å². The van der Waals surface area contributed by atoms with Crippen molar-refractivity contribution in [3.8, 4) is 0 Å². The number of hydrazone groups is 1. The van der Waals surface area contributed by atoms with Crippen LogP contribution in [0.1, 0.15) is 40.2 Å². The van der Waals surface area contributed by atoms with E-state index in [1.165, 1.54) is 18.3 Å². The number of hydrogen-bond donors (Lipinski definition) is 2. The van der Waals surface area contributed by atoms with Gasteiger partial charge in [0.1, 0.15) is 0 Å². The molecule has 7 nitrogen and oxygen atoms in total. The highest BCUT2D eigenvalue weighted by Crippen LogP contribution is 2.18. The van der Waals surface area contributed by atoms with E-state index in [4.69, 9.17) is 0 Å². The van der Waals surface area contributed by atoms with Gasteiger partial charge in [-0.15, -0.1) is 0 Å². The lowest BCUT2D eigenvalue weighted by molar-refractivity contribution is -0.132. The van der Waals surface area contributed by atoms with Gasteiger partial charge in [0.15, 0.2) is 5.78 Å². The van der Waals surface area contributed by atoms with Gasteiger partial charge < -0.3 is 5.11 Å². The van der Waals surface area contributed by atoms with Crippen LogP contribution < -0.4 is 4.83 Å². The Balaban J connectivity index is 2.91. The molecule has 0 fully saturated rings. The zero-order valence-electron chi connectivity index (χ0n) is 17.7. The number of sulfonamides is 1. The van der Waals surface area contributed by atoms with Crippen molar-refractivity contribution in [3.05, 3.63) is 29.8 Å². The first-order valence-corrected chi connectivity index (χ1v) is 10.9. The lowest BCUT2D eigenvalue weighted by Crippen LogP contribution is -2.53. The molecule has 1 aromatic carbocycles. The minimum atomic E-state index is -3.79. The molecular weight excluding hydrogens is 378 g/mol. The molecule has 0 amide bonds. The van der Waals surface area contributed by atoms with Crippen LogP contribution in [0.25, 0.3) is 0 Å². The largest absolute Gasteiger partial charge is 0.390 e. The van der Waals surface area contributed by atoms with Crippen LogP contribution in [0.5, 0.6) is 0 Å². The van der Waals surface area contributed by atoms with Crippen LogP contribution in [0.3, 0.4) is 0 Å². The number of ketones is 1. The van der Waals surface area contributed by atoms with Crippen molar-refractivity contribution >= 4 is 22.0 Å². The summed E-state index contributed by atoms with van der Waals surface area (Å²) < 4.78 is 24.5. The molecule has 0 radical (unpaired) electrons. The summed E-state index contributed by atoms with van der Waals surface area (Å²) in [7, 11) is -1.99.